The van der Waals surface area contributed by atoms with Crippen molar-refractivity contribution in [2.75, 3.05) is 6.61 Å². The van der Waals surface area contributed by atoms with E-state index in [1.807, 2.05) is 49.4 Å². The third kappa shape index (κ3) is 4.27. The summed E-state index contributed by atoms with van der Waals surface area (Å²) in [6.45, 7) is 4.68. The highest BCUT2D eigenvalue weighted by molar-refractivity contribution is 5.77. The van der Waals surface area contributed by atoms with E-state index in [0.29, 0.717) is 17.9 Å². The molecule has 0 aliphatic carbocycles. The first-order chi connectivity index (χ1) is 14.5. The zero-order valence-corrected chi connectivity index (χ0v) is 16.8. The Morgan fingerprint density at radius 1 is 0.933 bits per heavy atom. The van der Waals surface area contributed by atoms with Crippen LogP contribution in [-0.2, 0) is 6.61 Å². The molecule has 0 saturated carbocycles. The maximum atomic E-state index is 13.7. The number of fused-ring (bicyclic) bond motifs is 1. The summed E-state index contributed by atoms with van der Waals surface area (Å²) < 4.78 is 37.9. The largest absolute Gasteiger partial charge is 0.494 e. The molecule has 154 valence electrons. The van der Waals surface area contributed by atoms with Crippen LogP contribution in [0.15, 0.2) is 60.7 Å². The van der Waals surface area contributed by atoms with Gasteiger partial charge in [-0.3, -0.25) is 0 Å². The predicted molar refractivity (Wildman–Crippen MR) is 112 cm³/mol. The van der Waals surface area contributed by atoms with Crippen molar-refractivity contribution in [2.24, 2.45) is 0 Å². The number of rotatable bonds is 7. The Kier molecular flexibility index (Phi) is 5.65. The van der Waals surface area contributed by atoms with Gasteiger partial charge in [0.2, 0.25) is 0 Å². The van der Waals surface area contributed by atoms with Crippen LogP contribution in [0, 0.1) is 11.6 Å². The summed E-state index contributed by atoms with van der Waals surface area (Å²) in [7, 11) is 0. The summed E-state index contributed by atoms with van der Waals surface area (Å²) in [6.07, 6.45) is 0. The number of hydrogen-bond donors (Lipinski definition) is 1. The minimum absolute atomic E-state index is 0.0345. The van der Waals surface area contributed by atoms with Gasteiger partial charge in [-0.25, -0.2) is 13.8 Å². The second kappa shape index (κ2) is 8.53. The second-order valence-electron chi connectivity index (χ2n) is 7.05. The number of aromatic nitrogens is 2. The van der Waals surface area contributed by atoms with E-state index in [9.17, 15) is 8.78 Å². The molecule has 0 radical (unpaired) electrons. The first kappa shape index (κ1) is 19.9. The maximum Gasteiger partial charge on any atom is 0.132 e. The molecule has 0 bridgehead atoms. The van der Waals surface area contributed by atoms with Crippen molar-refractivity contribution < 1.29 is 18.3 Å². The van der Waals surface area contributed by atoms with Crippen molar-refractivity contribution in [2.45, 2.75) is 26.4 Å². The first-order valence-corrected chi connectivity index (χ1v) is 9.82. The Morgan fingerprint density at radius 2 is 1.70 bits per heavy atom. The molecule has 1 atom stereocenters. The van der Waals surface area contributed by atoms with Crippen molar-refractivity contribution in [3.63, 3.8) is 0 Å². The van der Waals surface area contributed by atoms with Crippen LogP contribution in [0.2, 0.25) is 0 Å². The average Bonchev–Trinajstić information content (AvgIpc) is 3.17. The van der Waals surface area contributed by atoms with Gasteiger partial charge in [-0.05, 0) is 48.9 Å². The maximum absolute atomic E-state index is 13.7. The molecule has 1 heterocycles. The van der Waals surface area contributed by atoms with Gasteiger partial charge in [-0.2, -0.15) is 0 Å². The number of benzene rings is 3. The number of ether oxygens (including phenoxy) is 2. The average molecular weight is 408 g/mol. The molecule has 0 amide bonds. The number of halogens is 2. The molecule has 4 rings (SSSR count). The lowest BCUT2D eigenvalue weighted by molar-refractivity contribution is 0.299. The highest BCUT2D eigenvalue weighted by Gasteiger charge is 2.14. The van der Waals surface area contributed by atoms with Gasteiger partial charge in [0.05, 0.1) is 17.6 Å². The van der Waals surface area contributed by atoms with Crippen LogP contribution < -0.4 is 9.47 Å². The Hall–Kier alpha value is -3.41. The van der Waals surface area contributed by atoms with Crippen LogP contribution in [0.5, 0.6) is 11.5 Å². The van der Waals surface area contributed by atoms with Gasteiger partial charge in [-0.15, -0.1) is 0 Å². The molecule has 0 aliphatic heterocycles. The number of aromatic amines is 1. The number of nitrogens with one attached hydrogen (secondary N) is 1. The summed E-state index contributed by atoms with van der Waals surface area (Å²) in [4.78, 5) is 8.06. The van der Waals surface area contributed by atoms with E-state index in [1.165, 1.54) is 12.1 Å². The highest BCUT2D eigenvalue weighted by atomic mass is 19.1. The molecule has 0 aliphatic rings. The van der Waals surface area contributed by atoms with Crippen molar-refractivity contribution in [3.8, 4) is 11.5 Å². The fourth-order valence-electron chi connectivity index (χ4n) is 3.28. The molecule has 4 nitrogen and oxygen atoms in total. The lowest BCUT2D eigenvalue weighted by atomic mass is 10.0. The van der Waals surface area contributed by atoms with E-state index >= 15 is 0 Å². The smallest absolute Gasteiger partial charge is 0.132 e. The minimum Gasteiger partial charge on any atom is -0.494 e. The van der Waals surface area contributed by atoms with Gasteiger partial charge < -0.3 is 14.5 Å². The van der Waals surface area contributed by atoms with Crippen LogP contribution in [0.3, 0.4) is 0 Å². The molecule has 30 heavy (non-hydrogen) atoms. The number of hydrogen-bond acceptors (Lipinski definition) is 3. The molecular formula is C24H22F2N2O2. The Morgan fingerprint density at radius 3 is 2.43 bits per heavy atom. The summed E-state index contributed by atoms with van der Waals surface area (Å²) in [6, 6.07) is 16.9. The fourth-order valence-corrected chi connectivity index (χ4v) is 3.28. The summed E-state index contributed by atoms with van der Waals surface area (Å²) in [5.74, 6) is 1.12. The van der Waals surface area contributed by atoms with E-state index in [2.05, 4.69) is 11.9 Å². The normalized spacial score (nSPS) is 12.1. The van der Waals surface area contributed by atoms with Crippen LogP contribution in [0.25, 0.3) is 11.0 Å². The van der Waals surface area contributed by atoms with Gasteiger partial charge in [0, 0.05) is 23.6 Å². The molecule has 6 heteroatoms. The molecule has 3 aromatic carbocycles. The first-order valence-electron chi connectivity index (χ1n) is 9.82. The molecule has 1 unspecified atom stereocenters. The lowest BCUT2D eigenvalue weighted by Gasteiger charge is -2.11. The number of imidazole rings is 1. The van der Waals surface area contributed by atoms with E-state index in [-0.39, 0.29) is 12.5 Å². The molecule has 4 aromatic rings. The number of H-pyrrole nitrogens is 1. The summed E-state index contributed by atoms with van der Waals surface area (Å²) in [5, 5.41) is 0. The third-order valence-corrected chi connectivity index (χ3v) is 4.98. The standard InChI is InChI=1S/C24H22F2N2O2/c1-3-29-20-10-11-22-23(13-20)28-24(27-22)15(2)16-5-8-19(9-6-16)30-14-17-4-7-18(25)12-21(17)26/h4-13,15H,3,14H2,1-2H3,(H,27,28). The van der Waals surface area contributed by atoms with E-state index in [0.717, 1.165) is 34.2 Å². The van der Waals surface area contributed by atoms with Crippen molar-refractivity contribution in [1.29, 1.82) is 0 Å². The molecule has 0 saturated heterocycles. The van der Waals surface area contributed by atoms with Gasteiger partial charge >= 0.3 is 0 Å². The zero-order chi connectivity index (χ0) is 21.1. The summed E-state index contributed by atoms with van der Waals surface area (Å²) >= 11 is 0. The van der Waals surface area contributed by atoms with Crippen LogP contribution in [0.1, 0.15) is 36.7 Å². The summed E-state index contributed by atoms with van der Waals surface area (Å²) in [5.41, 5.74) is 3.20. The number of nitrogens with zero attached hydrogens (tertiary/aromatic N) is 1. The highest BCUT2D eigenvalue weighted by Crippen LogP contribution is 2.27. The third-order valence-electron chi connectivity index (χ3n) is 4.98. The van der Waals surface area contributed by atoms with Crippen LogP contribution in [0.4, 0.5) is 8.78 Å². The van der Waals surface area contributed by atoms with E-state index < -0.39 is 11.6 Å². The Balaban J connectivity index is 1.46. The van der Waals surface area contributed by atoms with Crippen LogP contribution >= 0.6 is 0 Å². The van der Waals surface area contributed by atoms with E-state index in [4.69, 9.17) is 14.5 Å². The van der Waals surface area contributed by atoms with Crippen molar-refractivity contribution in [3.05, 3.63) is 89.2 Å². The van der Waals surface area contributed by atoms with Crippen LogP contribution in [-0.4, -0.2) is 16.6 Å². The van der Waals surface area contributed by atoms with Gasteiger partial charge in [-0.1, -0.05) is 19.1 Å². The quantitative estimate of drug-likeness (QED) is 0.410. The SMILES string of the molecule is CCOc1ccc2nc(C(C)c3ccc(OCc4ccc(F)cc4F)cc3)[nH]c2c1. The van der Waals surface area contributed by atoms with Gasteiger partial charge in [0.15, 0.2) is 0 Å². The van der Waals surface area contributed by atoms with Crippen molar-refractivity contribution in [1.82, 2.24) is 9.97 Å². The Bertz CT molecular complexity index is 1160. The van der Waals surface area contributed by atoms with Crippen molar-refractivity contribution >= 4 is 11.0 Å². The second-order valence-corrected chi connectivity index (χ2v) is 7.05. The molecule has 1 N–H and O–H groups in total. The van der Waals surface area contributed by atoms with Gasteiger partial charge in [0.1, 0.15) is 35.6 Å². The monoisotopic (exact) mass is 408 g/mol. The molecule has 0 fully saturated rings. The molecular weight excluding hydrogens is 386 g/mol. The Labute approximate surface area is 173 Å². The lowest BCUT2D eigenvalue weighted by Crippen LogP contribution is -2.01. The topological polar surface area (TPSA) is 47.1 Å². The predicted octanol–water partition coefficient (Wildman–Crippen LogP) is 5.97. The fraction of sp³-hybridized carbons (Fsp3) is 0.208. The molecule has 0 spiro atoms. The van der Waals surface area contributed by atoms with Gasteiger partial charge in [0.25, 0.3) is 0 Å². The minimum atomic E-state index is -0.613. The van der Waals surface area contributed by atoms with E-state index in [1.54, 1.807) is 0 Å². The molecule has 1 aromatic heterocycles. The zero-order valence-electron chi connectivity index (χ0n) is 16.8.